The summed E-state index contributed by atoms with van der Waals surface area (Å²) < 4.78 is 1.98. The fraction of sp³-hybridized carbons (Fsp3) is 0.375. The molecule has 2 aromatic rings. The van der Waals surface area contributed by atoms with Crippen molar-refractivity contribution in [2.24, 2.45) is 0 Å². The number of aryl methyl sites for hydroxylation is 2. The van der Waals surface area contributed by atoms with E-state index in [1.807, 2.05) is 23.6 Å². The van der Waals surface area contributed by atoms with Crippen molar-refractivity contribution in [1.82, 2.24) is 14.7 Å². The predicted molar refractivity (Wildman–Crippen MR) is 98.2 cm³/mol. The van der Waals surface area contributed by atoms with Crippen LogP contribution in [0.1, 0.15) is 23.9 Å². The van der Waals surface area contributed by atoms with Gasteiger partial charge in [-0.15, -0.1) is 0 Å². The van der Waals surface area contributed by atoms with E-state index in [1.165, 1.54) is 12.1 Å². The maximum atomic E-state index is 10.7. The zero-order valence-electron chi connectivity index (χ0n) is 14.2. The van der Waals surface area contributed by atoms with Gasteiger partial charge in [0.2, 0.25) is 0 Å². The van der Waals surface area contributed by atoms with Gasteiger partial charge in [0.05, 0.1) is 10.6 Å². The van der Waals surface area contributed by atoms with Crippen LogP contribution in [0.3, 0.4) is 0 Å². The van der Waals surface area contributed by atoms with Crippen LogP contribution in [-0.4, -0.2) is 31.8 Å². The Bertz CT molecular complexity index is 755. The van der Waals surface area contributed by atoms with Crippen LogP contribution in [0.5, 0.6) is 0 Å². The molecule has 0 bridgehead atoms. The number of hydrogen-bond donors (Lipinski definition) is 1. The maximum Gasteiger partial charge on any atom is 0.269 e. The third-order valence-corrected chi connectivity index (χ3v) is 4.32. The highest BCUT2D eigenvalue weighted by atomic mass is 32.1. The first-order chi connectivity index (χ1) is 11.3. The zero-order valence-corrected chi connectivity index (χ0v) is 15.1. The van der Waals surface area contributed by atoms with Crippen molar-refractivity contribution in [2.45, 2.75) is 33.9 Å². The summed E-state index contributed by atoms with van der Waals surface area (Å²) in [6.45, 7) is 7.60. The van der Waals surface area contributed by atoms with E-state index in [4.69, 9.17) is 12.2 Å². The van der Waals surface area contributed by atoms with E-state index in [0.717, 1.165) is 29.2 Å². The van der Waals surface area contributed by atoms with Crippen molar-refractivity contribution in [2.75, 3.05) is 12.4 Å². The molecular weight excluding hydrogens is 326 g/mol. The Morgan fingerprint density at radius 3 is 2.50 bits per heavy atom. The Morgan fingerprint density at radius 1 is 1.38 bits per heavy atom. The number of rotatable bonds is 5. The molecule has 0 atom stereocenters. The lowest BCUT2D eigenvalue weighted by atomic mass is 10.2. The predicted octanol–water partition coefficient (Wildman–Crippen LogP) is 3.26. The summed E-state index contributed by atoms with van der Waals surface area (Å²) in [5.41, 5.74) is 4.07. The van der Waals surface area contributed by atoms with Gasteiger partial charge < -0.3 is 10.2 Å². The number of nitro groups is 1. The summed E-state index contributed by atoms with van der Waals surface area (Å²) >= 11 is 5.42. The highest BCUT2D eigenvalue weighted by Crippen LogP contribution is 2.18. The molecule has 8 heteroatoms. The van der Waals surface area contributed by atoms with Gasteiger partial charge in [0.25, 0.3) is 5.69 Å². The second kappa shape index (κ2) is 7.39. The normalized spacial score (nSPS) is 10.5. The zero-order chi connectivity index (χ0) is 17.9. The van der Waals surface area contributed by atoms with Crippen molar-refractivity contribution in [3.63, 3.8) is 0 Å². The van der Waals surface area contributed by atoms with E-state index in [-0.39, 0.29) is 5.69 Å². The summed E-state index contributed by atoms with van der Waals surface area (Å²) in [7, 11) is 1.91. The number of nitro benzene ring substituents is 1. The smallest absolute Gasteiger partial charge is 0.269 e. The van der Waals surface area contributed by atoms with Crippen LogP contribution in [0.25, 0.3) is 0 Å². The van der Waals surface area contributed by atoms with Gasteiger partial charge in [0.15, 0.2) is 5.11 Å². The van der Waals surface area contributed by atoms with Crippen molar-refractivity contribution >= 4 is 28.7 Å². The molecule has 0 aliphatic rings. The summed E-state index contributed by atoms with van der Waals surface area (Å²) in [5.74, 6) is 0. The van der Waals surface area contributed by atoms with Gasteiger partial charge in [-0.25, -0.2) is 0 Å². The van der Waals surface area contributed by atoms with E-state index in [9.17, 15) is 10.1 Å². The van der Waals surface area contributed by atoms with E-state index in [1.54, 1.807) is 12.1 Å². The van der Waals surface area contributed by atoms with Crippen LogP contribution < -0.4 is 5.32 Å². The fourth-order valence-corrected chi connectivity index (χ4v) is 2.65. The number of non-ortho nitro benzene ring substituents is 1. The summed E-state index contributed by atoms with van der Waals surface area (Å²) in [5, 5.41) is 18.8. The highest BCUT2D eigenvalue weighted by Gasteiger charge is 2.14. The molecule has 7 nitrogen and oxygen atoms in total. The average Bonchev–Trinajstić information content (AvgIpc) is 2.82. The lowest BCUT2D eigenvalue weighted by Gasteiger charge is -2.21. The molecule has 0 fully saturated rings. The molecule has 0 spiro atoms. The molecule has 0 unspecified atom stereocenters. The molecule has 1 aromatic carbocycles. The van der Waals surface area contributed by atoms with Crippen LogP contribution in [0.2, 0.25) is 0 Å². The van der Waals surface area contributed by atoms with Gasteiger partial charge in [0.1, 0.15) is 0 Å². The summed E-state index contributed by atoms with van der Waals surface area (Å²) in [4.78, 5) is 12.2. The SMILES string of the molecule is CCn1nc(C)c(CN(C)C(=S)Nc2ccc([N+](=O)[O-])cc2)c1C. The van der Waals surface area contributed by atoms with E-state index in [2.05, 4.69) is 24.3 Å². The van der Waals surface area contributed by atoms with Crippen LogP contribution in [0.4, 0.5) is 11.4 Å². The molecule has 1 heterocycles. The van der Waals surface area contributed by atoms with Gasteiger partial charge in [-0.3, -0.25) is 14.8 Å². The average molecular weight is 347 g/mol. The van der Waals surface area contributed by atoms with Crippen molar-refractivity contribution < 1.29 is 4.92 Å². The molecule has 1 N–H and O–H groups in total. The minimum Gasteiger partial charge on any atom is -0.348 e. The maximum absolute atomic E-state index is 10.7. The molecule has 2 rings (SSSR count). The first-order valence-electron chi connectivity index (χ1n) is 7.63. The van der Waals surface area contributed by atoms with E-state index >= 15 is 0 Å². The molecule has 0 saturated heterocycles. The second-order valence-corrected chi connectivity index (χ2v) is 5.94. The topological polar surface area (TPSA) is 76.2 Å². The molecule has 0 amide bonds. The highest BCUT2D eigenvalue weighted by molar-refractivity contribution is 7.80. The summed E-state index contributed by atoms with van der Waals surface area (Å²) in [6, 6.07) is 6.18. The van der Waals surface area contributed by atoms with Crippen LogP contribution in [0, 0.1) is 24.0 Å². The third kappa shape index (κ3) is 3.88. The number of benzene rings is 1. The molecule has 0 aliphatic heterocycles. The third-order valence-electron chi connectivity index (χ3n) is 3.90. The molecule has 0 radical (unpaired) electrons. The number of aromatic nitrogens is 2. The molecule has 1 aromatic heterocycles. The van der Waals surface area contributed by atoms with Crippen molar-refractivity contribution in [3.05, 3.63) is 51.3 Å². The minimum atomic E-state index is -0.425. The van der Waals surface area contributed by atoms with Crippen LogP contribution in [-0.2, 0) is 13.1 Å². The lowest BCUT2D eigenvalue weighted by Crippen LogP contribution is -2.31. The molecule has 128 valence electrons. The lowest BCUT2D eigenvalue weighted by molar-refractivity contribution is -0.384. The number of nitrogens with one attached hydrogen (secondary N) is 1. The Morgan fingerprint density at radius 2 is 2.00 bits per heavy atom. The Labute approximate surface area is 146 Å². The quantitative estimate of drug-likeness (QED) is 0.508. The first-order valence-corrected chi connectivity index (χ1v) is 8.03. The monoisotopic (exact) mass is 347 g/mol. The van der Waals surface area contributed by atoms with Crippen molar-refractivity contribution in [3.8, 4) is 0 Å². The van der Waals surface area contributed by atoms with Crippen LogP contribution >= 0.6 is 12.2 Å². The second-order valence-electron chi connectivity index (χ2n) is 5.56. The van der Waals surface area contributed by atoms with Crippen molar-refractivity contribution in [1.29, 1.82) is 0 Å². The molecule has 24 heavy (non-hydrogen) atoms. The van der Waals surface area contributed by atoms with E-state index in [0.29, 0.717) is 11.7 Å². The Hall–Kier alpha value is -2.48. The van der Waals surface area contributed by atoms with Gasteiger partial charge in [-0.2, -0.15) is 5.10 Å². The Balaban J connectivity index is 2.04. The fourth-order valence-electron chi connectivity index (χ4n) is 2.47. The van der Waals surface area contributed by atoms with Gasteiger partial charge >= 0.3 is 0 Å². The first kappa shape index (κ1) is 17.9. The molecular formula is C16H21N5O2S. The largest absolute Gasteiger partial charge is 0.348 e. The number of hydrogen-bond acceptors (Lipinski definition) is 4. The standard InChI is InChI=1S/C16H21N5O2S/c1-5-20-12(3)15(11(2)18-20)10-19(4)16(24)17-13-6-8-14(9-7-13)21(22)23/h6-9H,5,10H2,1-4H3,(H,17,24). The summed E-state index contributed by atoms with van der Waals surface area (Å²) in [6.07, 6.45) is 0. The molecule has 0 aliphatic carbocycles. The number of thiocarbonyl (C=S) groups is 1. The molecule has 0 saturated carbocycles. The van der Waals surface area contributed by atoms with Gasteiger partial charge in [-0.1, -0.05) is 0 Å². The number of anilines is 1. The van der Waals surface area contributed by atoms with Gasteiger partial charge in [0, 0.05) is 49.2 Å². The number of nitrogens with zero attached hydrogens (tertiary/aromatic N) is 4. The Kier molecular flexibility index (Phi) is 5.50. The van der Waals surface area contributed by atoms with E-state index < -0.39 is 4.92 Å². The minimum absolute atomic E-state index is 0.0538. The van der Waals surface area contributed by atoms with Crippen LogP contribution in [0.15, 0.2) is 24.3 Å². The van der Waals surface area contributed by atoms with Gasteiger partial charge in [-0.05, 0) is 45.1 Å².